The van der Waals surface area contributed by atoms with Crippen LogP contribution in [0.4, 0.5) is 5.82 Å². The maximum Gasteiger partial charge on any atom is 0.311 e. The van der Waals surface area contributed by atoms with Crippen LogP contribution in [0, 0.1) is 5.41 Å². The van der Waals surface area contributed by atoms with Gasteiger partial charge < -0.3 is 15.7 Å². The van der Waals surface area contributed by atoms with Crippen molar-refractivity contribution in [2.45, 2.75) is 26.2 Å². The molecular weight excluding hydrogens is 260 g/mol. The lowest BCUT2D eigenvalue weighted by atomic mass is 9.69. The van der Waals surface area contributed by atoms with Crippen LogP contribution < -0.4 is 10.6 Å². The number of carboxylic acid groups (broad SMARTS) is 1. The fourth-order valence-corrected chi connectivity index (χ4v) is 2.13. The molecule has 0 spiro atoms. The third-order valence-electron chi connectivity index (χ3n) is 3.61. The van der Waals surface area contributed by atoms with E-state index in [9.17, 15) is 14.7 Å². The number of carbonyl (C=O) groups excluding carboxylic acids is 1. The van der Waals surface area contributed by atoms with Crippen LogP contribution in [0.25, 0.3) is 0 Å². The van der Waals surface area contributed by atoms with Crippen molar-refractivity contribution in [3.63, 3.8) is 0 Å². The minimum Gasteiger partial charge on any atom is -0.481 e. The van der Waals surface area contributed by atoms with E-state index in [1.54, 1.807) is 12.1 Å². The molecule has 1 saturated carbocycles. The minimum atomic E-state index is -0.775. The molecule has 0 aromatic carbocycles. The Labute approximate surface area is 116 Å². The van der Waals surface area contributed by atoms with Gasteiger partial charge in [-0.05, 0) is 31.9 Å². The molecule has 1 aliphatic carbocycles. The lowest BCUT2D eigenvalue weighted by molar-refractivity contribution is -0.153. The number of carboxylic acids is 1. The average molecular weight is 278 g/mol. The van der Waals surface area contributed by atoms with Crippen LogP contribution in [0.1, 0.15) is 36.7 Å². The first kappa shape index (κ1) is 14.2. The van der Waals surface area contributed by atoms with Gasteiger partial charge in [-0.2, -0.15) is 0 Å². The van der Waals surface area contributed by atoms with Gasteiger partial charge in [-0.1, -0.05) is 6.42 Å². The van der Waals surface area contributed by atoms with Crippen molar-refractivity contribution in [3.05, 3.63) is 17.8 Å². The summed E-state index contributed by atoms with van der Waals surface area (Å²) in [7, 11) is 0. The maximum atomic E-state index is 11.5. The SMILES string of the molecule is CCNC(=O)c1ccc(NCC2(C(=O)O)CCC2)nn1. The number of anilines is 1. The third kappa shape index (κ3) is 2.87. The predicted octanol–water partition coefficient (Wildman–Crippen LogP) is 0.893. The molecule has 1 fully saturated rings. The molecule has 108 valence electrons. The Morgan fingerprint density at radius 2 is 2.10 bits per heavy atom. The van der Waals surface area contributed by atoms with E-state index in [4.69, 9.17) is 0 Å². The topological polar surface area (TPSA) is 104 Å². The van der Waals surface area contributed by atoms with Gasteiger partial charge in [0.15, 0.2) is 5.69 Å². The normalized spacial score (nSPS) is 16.1. The molecule has 0 unspecified atom stereocenters. The second-order valence-corrected chi connectivity index (χ2v) is 4.96. The Hall–Kier alpha value is -2.18. The van der Waals surface area contributed by atoms with Crippen molar-refractivity contribution in [1.82, 2.24) is 15.5 Å². The van der Waals surface area contributed by atoms with Crippen LogP contribution in [-0.2, 0) is 4.79 Å². The first-order chi connectivity index (χ1) is 9.57. The summed E-state index contributed by atoms with van der Waals surface area (Å²) in [6.45, 7) is 2.68. The van der Waals surface area contributed by atoms with E-state index in [2.05, 4.69) is 20.8 Å². The quantitative estimate of drug-likeness (QED) is 0.714. The van der Waals surface area contributed by atoms with E-state index in [1.165, 1.54) is 0 Å². The van der Waals surface area contributed by atoms with Gasteiger partial charge in [0, 0.05) is 13.1 Å². The monoisotopic (exact) mass is 278 g/mol. The second kappa shape index (κ2) is 5.85. The summed E-state index contributed by atoms with van der Waals surface area (Å²) >= 11 is 0. The van der Waals surface area contributed by atoms with Gasteiger partial charge >= 0.3 is 5.97 Å². The molecule has 7 nitrogen and oxygen atoms in total. The number of nitrogens with zero attached hydrogens (tertiary/aromatic N) is 2. The third-order valence-corrected chi connectivity index (χ3v) is 3.61. The molecule has 0 radical (unpaired) electrons. The highest BCUT2D eigenvalue weighted by Crippen LogP contribution is 2.41. The van der Waals surface area contributed by atoms with Gasteiger partial charge in [0.05, 0.1) is 5.41 Å². The van der Waals surface area contributed by atoms with Gasteiger partial charge in [0.2, 0.25) is 0 Å². The van der Waals surface area contributed by atoms with Crippen LogP contribution >= 0.6 is 0 Å². The summed E-state index contributed by atoms with van der Waals surface area (Å²) in [4.78, 5) is 22.7. The lowest BCUT2D eigenvalue weighted by Crippen LogP contribution is -2.43. The zero-order chi connectivity index (χ0) is 14.6. The molecule has 1 aromatic rings. The highest BCUT2D eigenvalue weighted by molar-refractivity contribution is 5.92. The van der Waals surface area contributed by atoms with Crippen molar-refractivity contribution < 1.29 is 14.7 Å². The lowest BCUT2D eigenvalue weighted by Gasteiger charge is -2.37. The fourth-order valence-electron chi connectivity index (χ4n) is 2.13. The van der Waals surface area contributed by atoms with Crippen LogP contribution in [0.2, 0.25) is 0 Å². The van der Waals surface area contributed by atoms with E-state index in [1.807, 2.05) is 6.92 Å². The number of aliphatic carboxylic acids is 1. The van der Waals surface area contributed by atoms with E-state index < -0.39 is 11.4 Å². The average Bonchev–Trinajstić information content (AvgIpc) is 2.38. The van der Waals surface area contributed by atoms with Gasteiger partial charge in [-0.15, -0.1) is 10.2 Å². The number of nitrogens with one attached hydrogen (secondary N) is 2. The van der Waals surface area contributed by atoms with Crippen molar-refractivity contribution in [2.75, 3.05) is 18.4 Å². The molecule has 20 heavy (non-hydrogen) atoms. The summed E-state index contributed by atoms with van der Waals surface area (Å²) in [5.41, 5.74) is -0.436. The van der Waals surface area contributed by atoms with Crippen LogP contribution in [-0.4, -0.2) is 40.3 Å². The van der Waals surface area contributed by atoms with Crippen LogP contribution in [0.15, 0.2) is 12.1 Å². The molecule has 1 aliphatic rings. The smallest absolute Gasteiger partial charge is 0.311 e. The number of amides is 1. The minimum absolute atomic E-state index is 0.244. The maximum absolute atomic E-state index is 11.5. The second-order valence-electron chi connectivity index (χ2n) is 4.96. The van der Waals surface area contributed by atoms with Crippen molar-refractivity contribution in [3.8, 4) is 0 Å². The Bertz CT molecular complexity index is 497. The summed E-state index contributed by atoms with van der Waals surface area (Å²) in [5, 5.41) is 22.5. The molecule has 1 heterocycles. The van der Waals surface area contributed by atoms with Crippen molar-refractivity contribution in [1.29, 1.82) is 0 Å². The molecule has 1 amide bonds. The first-order valence-corrected chi connectivity index (χ1v) is 6.66. The summed E-state index contributed by atoms with van der Waals surface area (Å²) in [5.74, 6) is -0.568. The zero-order valence-electron chi connectivity index (χ0n) is 11.3. The van der Waals surface area contributed by atoms with Crippen molar-refractivity contribution in [2.24, 2.45) is 5.41 Å². The van der Waals surface area contributed by atoms with Gasteiger partial charge in [0.25, 0.3) is 5.91 Å². The molecular formula is C13H18N4O3. The molecule has 0 saturated heterocycles. The molecule has 2 rings (SSSR count). The van der Waals surface area contributed by atoms with E-state index in [0.29, 0.717) is 31.7 Å². The Morgan fingerprint density at radius 1 is 1.35 bits per heavy atom. The Kier molecular flexibility index (Phi) is 4.16. The van der Waals surface area contributed by atoms with Crippen LogP contribution in [0.5, 0.6) is 0 Å². The Balaban J connectivity index is 1.94. The summed E-state index contributed by atoms with van der Waals surface area (Å²) in [6, 6.07) is 3.19. The number of hydrogen-bond acceptors (Lipinski definition) is 5. The molecule has 0 bridgehead atoms. The largest absolute Gasteiger partial charge is 0.481 e. The zero-order valence-corrected chi connectivity index (χ0v) is 11.3. The molecule has 0 aliphatic heterocycles. The van der Waals surface area contributed by atoms with E-state index in [0.717, 1.165) is 6.42 Å². The molecule has 1 aromatic heterocycles. The first-order valence-electron chi connectivity index (χ1n) is 6.66. The number of rotatable bonds is 6. The standard InChI is InChI=1S/C13H18N4O3/c1-2-14-11(18)9-4-5-10(17-16-9)15-8-13(12(19)20)6-3-7-13/h4-5H,2-3,6-8H2,1H3,(H,14,18)(H,15,17)(H,19,20). The summed E-state index contributed by atoms with van der Waals surface area (Å²) < 4.78 is 0. The number of aromatic nitrogens is 2. The van der Waals surface area contributed by atoms with E-state index in [-0.39, 0.29) is 11.6 Å². The van der Waals surface area contributed by atoms with E-state index >= 15 is 0 Å². The number of hydrogen-bond donors (Lipinski definition) is 3. The molecule has 7 heteroatoms. The van der Waals surface area contributed by atoms with Gasteiger partial charge in [-0.3, -0.25) is 9.59 Å². The summed E-state index contributed by atoms with van der Waals surface area (Å²) in [6.07, 6.45) is 2.30. The molecule has 3 N–H and O–H groups in total. The highest BCUT2D eigenvalue weighted by atomic mass is 16.4. The van der Waals surface area contributed by atoms with Gasteiger partial charge in [-0.25, -0.2) is 0 Å². The number of carbonyl (C=O) groups is 2. The van der Waals surface area contributed by atoms with Gasteiger partial charge in [0.1, 0.15) is 5.82 Å². The highest BCUT2D eigenvalue weighted by Gasteiger charge is 2.44. The Morgan fingerprint density at radius 3 is 2.55 bits per heavy atom. The fraction of sp³-hybridized carbons (Fsp3) is 0.538. The van der Waals surface area contributed by atoms with Crippen molar-refractivity contribution >= 4 is 17.7 Å². The molecule has 0 atom stereocenters. The van der Waals surface area contributed by atoms with Crippen LogP contribution in [0.3, 0.4) is 0 Å². The predicted molar refractivity (Wildman–Crippen MR) is 72.4 cm³/mol.